The molecule has 0 saturated heterocycles. The first-order valence-corrected chi connectivity index (χ1v) is 9.94. The van der Waals surface area contributed by atoms with Gasteiger partial charge in [0.25, 0.3) is 5.91 Å². The third-order valence-electron chi connectivity index (χ3n) is 4.73. The van der Waals surface area contributed by atoms with Gasteiger partial charge in [0.05, 0.1) is 5.69 Å². The van der Waals surface area contributed by atoms with E-state index < -0.39 is 5.82 Å². The first kappa shape index (κ1) is 18.6. The predicted molar refractivity (Wildman–Crippen MR) is 115 cm³/mol. The Balaban J connectivity index is 1.60. The Morgan fingerprint density at radius 1 is 1.00 bits per heavy atom. The quantitative estimate of drug-likeness (QED) is 0.503. The van der Waals surface area contributed by atoms with Gasteiger partial charge >= 0.3 is 0 Å². The maximum atomic E-state index is 13.9. The summed E-state index contributed by atoms with van der Waals surface area (Å²) in [7, 11) is 0. The van der Waals surface area contributed by atoms with Crippen LogP contribution in [0.4, 0.5) is 10.1 Å². The van der Waals surface area contributed by atoms with Crippen molar-refractivity contribution in [1.29, 1.82) is 0 Å². The molecule has 0 aliphatic carbocycles. The van der Waals surface area contributed by atoms with E-state index in [1.54, 1.807) is 30.3 Å². The molecule has 0 radical (unpaired) electrons. The van der Waals surface area contributed by atoms with Crippen LogP contribution in [0.2, 0.25) is 0 Å². The summed E-state index contributed by atoms with van der Waals surface area (Å²) in [6.45, 7) is 0.174. The highest BCUT2D eigenvalue weighted by Crippen LogP contribution is 2.34. The van der Waals surface area contributed by atoms with E-state index in [0.29, 0.717) is 23.0 Å². The molecule has 0 unspecified atom stereocenters. The van der Waals surface area contributed by atoms with Crippen molar-refractivity contribution in [2.75, 3.05) is 11.7 Å². The van der Waals surface area contributed by atoms with Crippen molar-refractivity contribution < 1.29 is 18.7 Å². The van der Waals surface area contributed by atoms with E-state index in [9.17, 15) is 9.18 Å². The van der Waals surface area contributed by atoms with Crippen LogP contribution in [0.1, 0.15) is 11.1 Å². The zero-order valence-electron chi connectivity index (χ0n) is 15.5. The smallest absolute Gasteiger partial charge is 0.282 e. The van der Waals surface area contributed by atoms with E-state index in [4.69, 9.17) is 9.47 Å². The normalized spacial score (nSPS) is 16.3. The van der Waals surface area contributed by atoms with E-state index in [-0.39, 0.29) is 18.4 Å². The second-order valence-corrected chi connectivity index (χ2v) is 7.62. The molecule has 3 aromatic carbocycles. The van der Waals surface area contributed by atoms with E-state index in [1.165, 1.54) is 17.0 Å². The lowest BCUT2D eigenvalue weighted by molar-refractivity contribution is -0.113. The molecule has 0 bridgehead atoms. The number of hydrogen-bond donors (Lipinski definition) is 0. The molecule has 2 aliphatic rings. The van der Waals surface area contributed by atoms with Crippen LogP contribution >= 0.6 is 15.9 Å². The fourth-order valence-corrected chi connectivity index (χ4v) is 3.59. The minimum absolute atomic E-state index is 0.174. The number of amidine groups is 1. The number of aliphatic imine (C=N–C) groups is 1. The van der Waals surface area contributed by atoms with Crippen LogP contribution in [0, 0.1) is 5.82 Å². The number of fused-ring (bicyclic) bond motifs is 1. The Kier molecular flexibility index (Phi) is 4.59. The van der Waals surface area contributed by atoms with Gasteiger partial charge in [-0.3, -0.25) is 9.69 Å². The molecule has 5 nitrogen and oxygen atoms in total. The average Bonchev–Trinajstić information content (AvgIpc) is 3.33. The van der Waals surface area contributed by atoms with Gasteiger partial charge in [-0.05, 0) is 54.1 Å². The van der Waals surface area contributed by atoms with Gasteiger partial charge < -0.3 is 9.47 Å². The lowest BCUT2D eigenvalue weighted by Crippen LogP contribution is -2.32. The molecule has 148 valence electrons. The molecule has 0 fully saturated rings. The summed E-state index contributed by atoms with van der Waals surface area (Å²) in [6, 6.07) is 18.7. The van der Waals surface area contributed by atoms with Crippen molar-refractivity contribution in [1.82, 2.24) is 0 Å². The summed E-state index contributed by atoms with van der Waals surface area (Å²) in [4.78, 5) is 19.3. The van der Waals surface area contributed by atoms with Crippen LogP contribution in [0.15, 0.2) is 81.9 Å². The minimum Gasteiger partial charge on any atom is -0.454 e. The van der Waals surface area contributed by atoms with Crippen LogP contribution in [-0.2, 0) is 4.79 Å². The van der Waals surface area contributed by atoms with Gasteiger partial charge in [0, 0.05) is 10.0 Å². The molecule has 0 N–H and O–H groups in total. The Labute approximate surface area is 180 Å². The zero-order chi connectivity index (χ0) is 20.7. The lowest BCUT2D eigenvalue weighted by Gasteiger charge is -2.18. The van der Waals surface area contributed by atoms with Crippen molar-refractivity contribution in [3.05, 3.63) is 93.8 Å². The molecule has 2 heterocycles. The van der Waals surface area contributed by atoms with Gasteiger partial charge in [-0.2, -0.15) is 0 Å². The number of halogens is 2. The molecular weight excluding hydrogens is 451 g/mol. The number of carbonyl (C=O) groups excluding carboxylic acids is 1. The number of ether oxygens (including phenoxy) is 2. The van der Waals surface area contributed by atoms with E-state index >= 15 is 0 Å². The Hall–Kier alpha value is -3.45. The van der Waals surface area contributed by atoms with Gasteiger partial charge in [-0.25, -0.2) is 9.38 Å². The average molecular weight is 465 g/mol. The van der Waals surface area contributed by atoms with E-state index in [2.05, 4.69) is 20.9 Å². The third kappa shape index (κ3) is 3.37. The number of carbonyl (C=O) groups is 1. The van der Waals surface area contributed by atoms with Crippen LogP contribution in [-0.4, -0.2) is 18.5 Å². The van der Waals surface area contributed by atoms with Gasteiger partial charge in [-0.1, -0.05) is 40.2 Å². The summed E-state index contributed by atoms with van der Waals surface area (Å²) in [6.07, 6.45) is 1.68. The van der Waals surface area contributed by atoms with Crippen molar-refractivity contribution in [3.63, 3.8) is 0 Å². The molecule has 0 spiro atoms. The van der Waals surface area contributed by atoms with Gasteiger partial charge in [0.1, 0.15) is 17.3 Å². The van der Waals surface area contributed by atoms with Crippen molar-refractivity contribution in [2.24, 2.45) is 4.99 Å². The topological polar surface area (TPSA) is 51.1 Å². The SMILES string of the molecule is O=C1/C(=C/c2ccc3c(c2)OCO3)N=C(c2ccc(Br)cc2)N1c1cccc(F)c1. The summed E-state index contributed by atoms with van der Waals surface area (Å²) < 4.78 is 25.5. The summed E-state index contributed by atoms with van der Waals surface area (Å²) >= 11 is 3.41. The first-order valence-electron chi connectivity index (χ1n) is 9.14. The summed E-state index contributed by atoms with van der Waals surface area (Å²) in [5.74, 6) is 0.953. The molecule has 2 aliphatic heterocycles. The molecule has 7 heteroatoms. The Bertz CT molecular complexity index is 1220. The molecule has 5 rings (SSSR count). The number of nitrogens with zero attached hydrogens (tertiary/aromatic N) is 2. The maximum absolute atomic E-state index is 13.9. The number of rotatable bonds is 3. The molecule has 0 saturated carbocycles. The second-order valence-electron chi connectivity index (χ2n) is 6.71. The molecule has 30 heavy (non-hydrogen) atoms. The highest BCUT2D eigenvalue weighted by molar-refractivity contribution is 9.10. The van der Waals surface area contributed by atoms with E-state index in [1.807, 2.05) is 30.3 Å². The highest BCUT2D eigenvalue weighted by atomic mass is 79.9. The zero-order valence-corrected chi connectivity index (χ0v) is 17.1. The van der Waals surface area contributed by atoms with Gasteiger partial charge in [-0.15, -0.1) is 0 Å². The molecule has 1 amide bonds. The van der Waals surface area contributed by atoms with Crippen LogP contribution in [0.5, 0.6) is 11.5 Å². The first-order chi connectivity index (χ1) is 14.6. The summed E-state index contributed by atoms with van der Waals surface area (Å²) in [5, 5.41) is 0. The highest BCUT2D eigenvalue weighted by Gasteiger charge is 2.32. The second kappa shape index (κ2) is 7.42. The largest absolute Gasteiger partial charge is 0.454 e. The van der Waals surface area contributed by atoms with Crippen molar-refractivity contribution in [3.8, 4) is 11.5 Å². The molecule has 0 aromatic heterocycles. The minimum atomic E-state index is -0.427. The van der Waals surface area contributed by atoms with Crippen LogP contribution in [0.25, 0.3) is 6.08 Å². The Morgan fingerprint density at radius 2 is 1.80 bits per heavy atom. The monoisotopic (exact) mass is 464 g/mol. The standard InChI is InChI=1S/C23H14BrFN2O3/c24-16-7-5-15(6-8-16)22-26-19(10-14-4-9-20-21(11-14)30-13-29-20)23(28)27(22)18-3-1-2-17(25)12-18/h1-12H,13H2/b19-10-. The lowest BCUT2D eigenvalue weighted by atomic mass is 10.1. The van der Waals surface area contributed by atoms with Crippen LogP contribution in [0.3, 0.4) is 0 Å². The third-order valence-corrected chi connectivity index (χ3v) is 5.26. The van der Waals surface area contributed by atoms with E-state index in [0.717, 1.165) is 15.6 Å². The maximum Gasteiger partial charge on any atom is 0.282 e. The number of amides is 1. The number of anilines is 1. The Morgan fingerprint density at radius 3 is 2.60 bits per heavy atom. The fourth-order valence-electron chi connectivity index (χ4n) is 3.32. The fraction of sp³-hybridized carbons (Fsp3) is 0.0435. The number of benzene rings is 3. The van der Waals surface area contributed by atoms with Gasteiger partial charge in [0.15, 0.2) is 11.5 Å². The molecule has 0 atom stereocenters. The number of hydrogen-bond acceptors (Lipinski definition) is 4. The van der Waals surface area contributed by atoms with Crippen molar-refractivity contribution >= 4 is 39.4 Å². The van der Waals surface area contributed by atoms with Crippen molar-refractivity contribution in [2.45, 2.75) is 0 Å². The predicted octanol–water partition coefficient (Wildman–Crippen LogP) is 5.15. The van der Waals surface area contributed by atoms with Gasteiger partial charge in [0.2, 0.25) is 6.79 Å². The van der Waals surface area contributed by atoms with Crippen LogP contribution < -0.4 is 14.4 Å². The molecule has 3 aromatic rings. The summed E-state index contributed by atoms with van der Waals surface area (Å²) in [5.41, 5.74) is 2.15. The molecular formula is C23H14BrFN2O3.